The maximum absolute atomic E-state index is 11.3. The van der Waals surface area contributed by atoms with Gasteiger partial charge in [-0.05, 0) is 55.7 Å². The lowest BCUT2D eigenvalue weighted by Gasteiger charge is -2.08. The number of nitrogens with one attached hydrogen (secondary N) is 1. The van der Waals surface area contributed by atoms with Crippen molar-refractivity contribution in [3.8, 4) is 5.75 Å². The molecule has 0 aliphatic heterocycles. The molecule has 0 saturated carbocycles. The zero-order valence-corrected chi connectivity index (χ0v) is 10.8. The maximum atomic E-state index is 11.3. The Morgan fingerprint density at radius 2 is 1.94 bits per heavy atom. The van der Waals surface area contributed by atoms with E-state index in [1.807, 2.05) is 39.0 Å². The highest BCUT2D eigenvalue weighted by Crippen LogP contribution is 2.22. The summed E-state index contributed by atoms with van der Waals surface area (Å²) in [5.74, 6) is 0.775. The monoisotopic (exact) mass is 233 g/mol. The van der Waals surface area contributed by atoms with Crippen molar-refractivity contribution < 1.29 is 9.53 Å². The van der Waals surface area contributed by atoms with Crippen LogP contribution in [0.5, 0.6) is 5.75 Å². The van der Waals surface area contributed by atoms with Gasteiger partial charge in [-0.2, -0.15) is 0 Å². The third-order valence-corrected chi connectivity index (χ3v) is 2.56. The van der Waals surface area contributed by atoms with E-state index in [-0.39, 0.29) is 5.91 Å². The zero-order chi connectivity index (χ0) is 12.8. The van der Waals surface area contributed by atoms with Crippen molar-refractivity contribution in [1.29, 1.82) is 0 Å². The minimum atomic E-state index is -0.0675. The quantitative estimate of drug-likeness (QED) is 0.811. The first kappa shape index (κ1) is 13.3. The minimum absolute atomic E-state index is 0.0675. The van der Waals surface area contributed by atoms with Crippen molar-refractivity contribution in [3.63, 3.8) is 0 Å². The van der Waals surface area contributed by atoms with E-state index in [0.717, 1.165) is 22.4 Å². The van der Waals surface area contributed by atoms with Crippen LogP contribution in [-0.4, -0.2) is 19.6 Å². The Morgan fingerprint density at radius 1 is 1.35 bits per heavy atom. The molecule has 1 N–H and O–H groups in total. The Labute approximate surface area is 102 Å². The van der Waals surface area contributed by atoms with Gasteiger partial charge in [0.15, 0.2) is 0 Å². The van der Waals surface area contributed by atoms with Gasteiger partial charge in [0.25, 0.3) is 0 Å². The molecule has 0 unspecified atom stereocenters. The summed E-state index contributed by atoms with van der Waals surface area (Å²) in [6, 6.07) is 3.93. The van der Waals surface area contributed by atoms with Gasteiger partial charge >= 0.3 is 0 Å². The number of carbonyl (C=O) groups excluding carboxylic acids is 1. The van der Waals surface area contributed by atoms with Crippen molar-refractivity contribution >= 4 is 12.0 Å². The number of carbonyl (C=O) groups is 1. The molecule has 3 nitrogen and oxygen atoms in total. The third kappa shape index (κ3) is 3.63. The first-order chi connectivity index (χ1) is 8.08. The summed E-state index contributed by atoms with van der Waals surface area (Å²) in [7, 11) is 1.65. The Morgan fingerprint density at radius 3 is 2.41 bits per heavy atom. The molecule has 0 spiro atoms. The van der Waals surface area contributed by atoms with Gasteiger partial charge in [0.2, 0.25) is 5.91 Å². The van der Waals surface area contributed by atoms with Crippen LogP contribution < -0.4 is 10.1 Å². The van der Waals surface area contributed by atoms with Gasteiger partial charge < -0.3 is 10.1 Å². The highest BCUT2D eigenvalue weighted by Gasteiger charge is 2.03. The summed E-state index contributed by atoms with van der Waals surface area (Å²) >= 11 is 0. The molecule has 0 atom stereocenters. The van der Waals surface area contributed by atoms with Crippen molar-refractivity contribution in [2.75, 3.05) is 13.7 Å². The highest BCUT2D eigenvalue weighted by molar-refractivity contribution is 5.92. The normalized spacial score (nSPS) is 10.6. The standard InChI is InChI=1S/C14H19NO2/c1-5-15-14(16)7-6-13-10(2)8-12(17-4)9-11(13)3/h6-9H,5H2,1-4H3,(H,15,16)/b7-6+. The fourth-order valence-corrected chi connectivity index (χ4v) is 1.71. The van der Waals surface area contributed by atoms with Gasteiger partial charge in [0.1, 0.15) is 5.75 Å². The number of methoxy groups -OCH3 is 1. The van der Waals surface area contributed by atoms with Crippen LogP contribution in [0.2, 0.25) is 0 Å². The second kappa shape index (κ2) is 6.09. The molecule has 92 valence electrons. The molecular weight excluding hydrogens is 214 g/mol. The van der Waals surface area contributed by atoms with Crippen LogP contribution in [0.25, 0.3) is 6.08 Å². The van der Waals surface area contributed by atoms with Gasteiger partial charge in [-0.3, -0.25) is 4.79 Å². The van der Waals surface area contributed by atoms with E-state index in [9.17, 15) is 4.79 Å². The molecule has 3 heteroatoms. The van der Waals surface area contributed by atoms with Crippen molar-refractivity contribution in [2.24, 2.45) is 0 Å². The Bertz CT molecular complexity index is 413. The summed E-state index contributed by atoms with van der Waals surface area (Å²) in [5.41, 5.74) is 3.27. The molecule has 1 rings (SSSR count). The van der Waals surface area contributed by atoms with Crippen LogP contribution in [0.4, 0.5) is 0 Å². The molecule has 0 aliphatic carbocycles. The fraction of sp³-hybridized carbons (Fsp3) is 0.357. The number of aryl methyl sites for hydroxylation is 2. The average Bonchev–Trinajstić information content (AvgIpc) is 2.28. The van der Waals surface area contributed by atoms with E-state index >= 15 is 0 Å². The van der Waals surface area contributed by atoms with Gasteiger partial charge in [0, 0.05) is 12.6 Å². The Balaban J connectivity index is 2.95. The van der Waals surface area contributed by atoms with E-state index in [0.29, 0.717) is 6.54 Å². The molecule has 0 radical (unpaired) electrons. The predicted molar refractivity (Wildman–Crippen MR) is 70.2 cm³/mol. The second-order valence-corrected chi connectivity index (χ2v) is 3.90. The Kier molecular flexibility index (Phi) is 4.76. The predicted octanol–water partition coefficient (Wildman–Crippen LogP) is 2.46. The number of ether oxygens (including phenoxy) is 1. The van der Waals surface area contributed by atoms with Crippen LogP contribution in [0.3, 0.4) is 0 Å². The lowest BCUT2D eigenvalue weighted by atomic mass is 10.0. The summed E-state index contributed by atoms with van der Waals surface area (Å²) < 4.78 is 5.19. The largest absolute Gasteiger partial charge is 0.497 e. The van der Waals surface area contributed by atoms with Gasteiger partial charge in [-0.1, -0.05) is 0 Å². The zero-order valence-electron chi connectivity index (χ0n) is 10.8. The molecule has 17 heavy (non-hydrogen) atoms. The van der Waals surface area contributed by atoms with Gasteiger partial charge in [0.05, 0.1) is 7.11 Å². The molecule has 1 aromatic rings. The van der Waals surface area contributed by atoms with Crippen molar-refractivity contribution in [3.05, 3.63) is 34.9 Å². The van der Waals surface area contributed by atoms with E-state index < -0.39 is 0 Å². The number of hydrogen-bond acceptors (Lipinski definition) is 2. The van der Waals surface area contributed by atoms with E-state index in [4.69, 9.17) is 4.74 Å². The molecule has 0 aliphatic rings. The molecule has 0 bridgehead atoms. The fourth-order valence-electron chi connectivity index (χ4n) is 1.71. The molecule has 0 fully saturated rings. The smallest absolute Gasteiger partial charge is 0.243 e. The van der Waals surface area contributed by atoms with Crippen LogP contribution in [0.15, 0.2) is 18.2 Å². The third-order valence-electron chi connectivity index (χ3n) is 2.56. The number of benzene rings is 1. The van der Waals surface area contributed by atoms with Gasteiger partial charge in [-0.25, -0.2) is 0 Å². The van der Waals surface area contributed by atoms with Crippen molar-refractivity contribution in [1.82, 2.24) is 5.32 Å². The second-order valence-electron chi connectivity index (χ2n) is 3.90. The Hall–Kier alpha value is -1.77. The number of likely N-dealkylation sites (N-methyl/N-ethyl adjacent to an activating group) is 1. The van der Waals surface area contributed by atoms with Crippen molar-refractivity contribution in [2.45, 2.75) is 20.8 Å². The van der Waals surface area contributed by atoms with E-state index in [2.05, 4.69) is 5.32 Å². The first-order valence-electron chi connectivity index (χ1n) is 5.69. The molecular formula is C14H19NO2. The average molecular weight is 233 g/mol. The molecule has 1 amide bonds. The lowest BCUT2D eigenvalue weighted by molar-refractivity contribution is -0.116. The number of amides is 1. The summed E-state index contributed by atoms with van der Waals surface area (Å²) in [5, 5.41) is 2.73. The first-order valence-corrected chi connectivity index (χ1v) is 5.69. The van der Waals surface area contributed by atoms with Crippen LogP contribution in [0.1, 0.15) is 23.6 Å². The number of rotatable bonds is 4. The molecule has 0 saturated heterocycles. The highest BCUT2D eigenvalue weighted by atomic mass is 16.5. The summed E-state index contributed by atoms with van der Waals surface area (Å²) in [6.07, 6.45) is 3.40. The van der Waals surface area contributed by atoms with E-state index in [1.54, 1.807) is 13.2 Å². The van der Waals surface area contributed by atoms with Crippen LogP contribution in [-0.2, 0) is 4.79 Å². The topological polar surface area (TPSA) is 38.3 Å². The summed E-state index contributed by atoms with van der Waals surface area (Å²) in [4.78, 5) is 11.3. The number of hydrogen-bond donors (Lipinski definition) is 1. The maximum Gasteiger partial charge on any atom is 0.243 e. The summed E-state index contributed by atoms with van der Waals surface area (Å²) in [6.45, 7) is 6.55. The molecule has 0 heterocycles. The molecule has 1 aromatic carbocycles. The van der Waals surface area contributed by atoms with Crippen LogP contribution >= 0.6 is 0 Å². The molecule has 0 aromatic heterocycles. The van der Waals surface area contributed by atoms with Crippen LogP contribution in [0, 0.1) is 13.8 Å². The lowest BCUT2D eigenvalue weighted by Crippen LogP contribution is -2.19. The van der Waals surface area contributed by atoms with Gasteiger partial charge in [-0.15, -0.1) is 0 Å². The van der Waals surface area contributed by atoms with E-state index in [1.165, 1.54) is 0 Å². The SMILES string of the molecule is CCNC(=O)/C=C/c1c(C)cc(OC)cc1C. The minimum Gasteiger partial charge on any atom is -0.497 e.